The zero-order valence-corrected chi connectivity index (χ0v) is 13.1. The van der Waals surface area contributed by atoms with Crippen molar-refractivity contribution in [2.24, 2.45) is 5.92 Å². The molecule has 5 nitrogen and oxygen atoms in total. The van der Waals surface area contributed by atoms with Gasteiger partial charge in [0.2, 0.25) is 5.95 Å². The van der Waals surface area contributed by atoms with E-state index in [0.717, 1.165) is 6.54 Å². The Morgan fingerprint density at radius 3 is 2.91 bits per heavy atom. The third-order valence-corrected chi connectivity index (χ3v) is 4.72. The molecule has 2 heterocycles. The molecule has 0 radical (unpaired) electrons. The highest BCUT2D eigenvalue weighted by Gasteiger charge is 2.39. The smallest absolute Gasteiger partial charge is 0.342 e. The highest BCUT2D eigenvalue weighted by atomic mass is 19.4. The van der Waals surface area contributed by atoms with Crippen LogP contribution >= 0.6 is 0 Å². The number of hydrogen-bond acceptors (Lipinski definition) is 5. The van der Waals surface area contributed by atoms with Crippen molar-refractivity contribution in [3.05, 3.63) is 18.0 Å². The quantitative estimate of drug-likeness (QED) is 0.866. The second-order valence-corrected chi connectivity index (χ2v) is 6.44. The number of halogens is 3. The minimum absolute atomic E-state index is 0.110. The third-order valence-electron chi connectivity index (χ3n) is 4.72. The molecule has 0 bridgehead atoms. The van der Waals surface area contributed by atoms with E-state index in [0.29, 0.717) is 29.6 Å². The summed E-state index contributed by atoms with van der Waals surface area (Å²) in [6, 6.07) is 2.40. The number of hydrogen-bond donors (Lipinski definition) is 2. The van der Waals surface area contributed by atoms with Gasteiger partial charge in [-0.25, -0.2) is 9.97 Å². The first kappa shape index (κ1) is 16.4. The molecular formula is C15H22F3N5. The maximum Gasteiger partial charge on any atom is 0.389 e. The number of aryl methyl sites for hydroxylation is 1. The second-order valence-electron chi connectivity index (χ2n) is 6.44. The van der Waals surface area contributed by atoms with Crippen molar-refractivity contribution in [2.45, 2.75) is 50.4 Å². The van der Waals surface area contributed by atoms with Gasteiger partial charge in [0, 0.05) is 44.0 Å². The van der Waals surface area contributed by atoms with E-state index in [-0.39, 0.29) is 6.42 Å². The Kier molecular flexibility index (Phi) is 4.72. The zero-order chi connectivity index (χ0) is 16.4. The predicted molar refractivity (Wildman–Crippen MR) is 80.9 cm³/mol. The van der Waals surface area contributed by atoms with Gasteiger partial charge in [-0.1, -0.05) is 6.42 Å². The molecule has 1 saturated carbocycles. The van der Waals surface area contributed by atoms with Crippen LogP contribution in [-0.2, 0) is 6.42 Å². The molecule has 23 heavy (non-hydrogen) atoms. The van der Waals surface area contributed by atoms with E-state index in [9.17, 15) is 13.2 Å². The van der Waals surface area contributed by atoms with E-state index < -0.39 is 12.6 Å². The van der Waals surface area contributed by atoms with Crippen LogP contribution in [0, 0.1) is 5.92 Å². The fourth-order valence-corrected chi connectivity index (χ4v) is 3.51. The van der Waals surface area contributed by atoms with Gasteiger partial charge in [0.25, 0.3) is 0 Å². The van der Waals surface area contributed by atoms with Gasteiger partial charge in [-0.15, -0.1) is 0 Å². The largest absolute Gasteiger partial charge is 0.389 e. The fraction of sp³-hybridized carbons (Fsp3) is 0.733. The van der Waals surface area contributed by atoms with Gasteiger partial charge in [0.1, 0.15) is 0 Å². The molecule has 1 aromatic heterocycles. The fourth-order valence-electron chi connectivity index (χ4n) is 3.51. The standard InChI is InChI=1S/C15H22F3N5/c1-23(9-13-11-3-2-4-12(11)21-22-13)14-19-8-6-10(20-14)5-7-15(16,17)18/h6,8,11-13,21-22H,2-5,7,9H2,1H3. The molecule has 2 aliphatic rings. The maximum absolute atomic E-state index is 12.3. The molecule has 1 aromatic rings. The molecule has 3 atom stereocenters. The average molecular weight is 329 g/mol. The summed E-state index contributed by atoms with van der Waals surface area (Å²) < 4.78 is 37.0. The van der Waals surface area contributed by atoms with Gasteiger partial charge in [0.05, 0.1) is 0 Å². The minimum atomic E-state index is -4.16. The molecule has 2 N–H and O–H groups in total. The highest BCUT2D eigenvalue weighted by Crippen LogP contribution is 2.32. The Balaban J connectivity index is 1.60. The van der Waals surface area contributed by atoms with Crippen LogP contribution < -0.4 is 15.8 Å². The lowest BCUT2D eigenvalue weighted by Gasteiger charge is -2.24. The molecule has 0 aromatic carbocycles. The van der Waals surface area contributed by atoms with Crippen LogP contribution in [0.2, 0.25) is 0 Å². The van der Waals surface area contributed by atoms with Crippen LogP contribution in [-0.4, -0.2) is 41.8 Å². The van der Waals surface area contributed by atoms with E-state index in [1.165, 1.54) is 25.5 Å². The summed E-state index contributed by atoms with van der Waals surface area (Å²) in [6.45, 7) is 0.733. The number of aromatic nitrogens is 2. The summed E-state index contributed by atoms with van der Waals surface area (Å²) in [5.41, 5.74) is 7.08. The number of hydrazine groups is 1. The number of likely N-dealkylation sites (N-methyl/N-ethyl adjacent to an activating group) is 1. The lowest BCUT2D eigenvalue weighted by atomic mass is 9.97. The van der Waals surface area contributed by atoms with Crippen LogP contribution in [0.5, 0.6) is 0 Å². The molecule has 128 valence electrons. The van der Waals surface area contributed by atoms with Crippen LogP contribution in [0.4, 0.5) is 19.1 Å². The molecule has 8 heteroatoms. The minimum Gasteiger partial charge on any atom is -0.342 e. The lowest BCUT2D eigenvalue weighted by molar-refractivity contribution is -0.134. The number of anilines is 1. The third kappa shape index (κ3) is 4.11. The Labute approximate surface area is 133 Å². The Bertz CT molecular complexity index is 536. The predicted octanol–water partition coefficient (Wildman–Crippen LogP) is 2.05. The summed E-state index contributed by atoms with van der Waals surface area (Å²) in [7, 11) is 1.88. The van der Waals surface area contributed by atoms with Crippen molar-refractivity contribution < 1.29 is 13.2 Å². The van der Waals surface area contributed by atoms with Crippen molar-refractivity contribution >= 4 is 5.95 Å². The molecule has 1 saturated heterocycles. The number of fused-ring (bicyclic) bond motifs is 1. The van der Waals surface area contributed by atoms with Crippen molar-refractivity contribution in [2.75, 3.05) is 18.5 Å². The Morgan fingerprint density at radius 1 is 1.30 bits per heavy atom. The van der Waals surface area contributed by atoms with E-state index >= 15 is 0 Å². The molecule has 1 aliphatic heterocycles. The maximum atomic E-state index is 12.3. The Morgan fingerprint density at radius 2 is 2.13 bits per heavy atom. The van der Waals surface area contributed by atoms with Crippen molar-refractivity contribution in [1.29, 1.82) is 0 Å². The molecule has 0 amide bonds. The first-order valence-electron chi connectivity index (χ1n) is 8.03. The monoisotopic (exact) mass is 329 g/mol. The van der Waals surface area contributed by atoms with Gasteiger partial charge in [-0.05, 0) is 31.2 Å². The van der Waals surface area contributed by atoms with Crippen molar-refractivity contribution in [3.63, 3.8) is 0 Å². The van der Waals surface area contributed by atoms with Gasteiger partial charge in [-0.3, -0.25) is 10.9 Å². The first-order chi connectivity index (χ1) is 10.9. The van der Waals surface area contributed by atoms with Crippen LogP contribution in [0.25, 0.3) is 0 Å². The van der Waals surface area contributed by atoms with Crippen LogP contribution in [0.15, 0.2) is 12.3 Å². The summed E-state index contributed by atoms with van der Waals surface area (Å²) in [5, 5.41) is 0. The summed E-state index contributed by atoms with van der Waals surface area (Å²) >= 11 is 0. The molecular weight excluding hydrogens is 307 g/mol. The topological polar surface area (TPSA) is 53.1 Å². The van der Waals surface area contributed by atoms with Crippen LogP contribution in [0.1, 0.15) is 31.4 Å². The first-order valence-corrected chi connectivity index (χ1v) is 8.03. The lowest BCUT2D eigenvalue weighted by Crippen LogP contribution is -2.42. The van der Waals surface area contributed by atoms with Crippen molar-refractivity contribution in [1.82, 2.24) is 20.8 Å². The van der Waals surface area contributed by atoms with Crippen molar-refractivity contribution in [3.8, 4) is 0 Å². The van der Waals surface area contributed by atoms with E-state index in [2.05, 4.69) is 20.8 Å². The van der Waals surface area contributed by atoms with Gasteiger partial charge in [0.15, 0.2) is 0 Å². The molecule has 3 rings (SSSR count). The highest BCUT2D eigenvalue weighted by molar-refractivity contribution is 5.29. The molecule has 2 fully saturated rings. The molecule has 1 aliphatic carbocycles. The van der Waals surface area contributed by atoms with E-state index in [1.807, 2.05) is 11.9 Å². The van der Waals surface area contributed by atoms with Crippen LogP contribution in [0.3, 0.4) is 0 Å². The zero-order valence-electron chi connectivity index (χ0n) is 13.1. The number of alkyl halides is 3. The molecule has 0 spiro atoms. The van der Waals surface area contributed by atoms with Gasteiger partial charge < -0.3 is 4.90 Å². The molecule has 3 unspecified atom stereocenters. The summed E-state index contributed by atoms with van der Waals surface area (Å²) in [4.78, 5) is 10.4. The SMILES string of the molecule is CN(CC1NNC2CCCC21)c1nccc(CCC(F)(F)F)n1. The van der Waals surface area contributed by atoms with E-state index in [4.69, 9.17) is 0 Å². The number of nitrogens with zero attached hydrogens (tertiary/aromatic N) is 3. The Hall–Kier alpha value is -1.41. The van der Waals surface area contributed by atoms with E-state index in [1.54, 1.807) is 6.07 Å². The number of nitrogens with one attached hydrogen (secondary N) is 2. The number of rotatable bonds is 5. The second kappa shape index (κ2) is 6.60. The average Bonchev–Trinajstić information content (AvgIpc) is 3.10. The summed E-state index contributed by atoms with van der Waals surface area (Å²) in [5.74, 6) is 1.08. The summed E-state index contributed by atoms with van der Waals surface area (Å²) in [6.07, 6.45) is 0.0492. The van der Waals surface area contributed by atoms with Gasteiger partial charge >= 0.3 is 6.18 Å². The normalized spacial score (nSPS) is 27.2. The van der Waals surface area contributed by atoms with Gasteiger partial charge in [-0.2, -0.15) is 13.2 Å².